The van der Waals surface area contributed by atoms with Gasteiger partial charge >= 0.3 is 51.2 Å². The summed E-state index contributed by atoms with van der Waals surface area (Å²) in [6, 6.07) is 0. The summed E-state index contributed by atoms with van der Waals surface area (Å²) in [5.74, 6) is 0. The zero-order valence-corrected chi connectivity index (χ0v) is 7.66. The Labute approximate surface area is 51.8 Å². The topological polar surface area (TPSA) is 0 Å². The summed E-state index contributed by atoms with van der Waals surface area (Å²) in [4.78, 5) is 0. The molecule has 0 atom stereocenters. The van der Waals surface area contributed by atoms with E-state index in [2.05, 4.69) is 13.2 Å². The summed E-state index contributed by atoms with van der Waals surface area (Å²) < 4.78 is 0. The Morgan fingerprint density at radius 3 is 1.86 bits per heavy atom. The molecule has 0 fully saturated rings. The molecule has 0 saturated heterocycles. The predicted molar refractivity (Wildman–Crippen MR) is 38.6 cm³/mol. The standard InChI is InChI=1S/C6H12Ge/c1-3-5-7-6-4-2/h3-4H,1-2,5-7H2. The van der Waals surface area contributed by atoms with E-state index < -0.39 is 0 Å². The van der Waals surface area contributed by atoms with Crippen LogP contribution in [0.2, 0.25) is 10.5 Å². The van der Waals surface area contributed by atoms with E-state index in [1.807, 2.05) is 12.2 Å². The van der Waals surface area contributed by atoms with Crippen LogP contribution in [0.25, 0.3) is 0 Å². The third-order valence-electron chi connectivity index (χ3n) is 0.816. The third-order valence-corrected chi connectivity index (χ3v) is 4.24. The number of hydrogen-bond donors (Lipinski definition) is 0. The van der Waals surface area contributed by atoms with Crippen LogP contribution < -0.4 is 0 Å². The Kier molecular flexibility index (Phi) is 6.04. The van der Waals surface area contributed by atoms with Crippen molar-refractivity contribution in [2.45, 2.75) is 10.5 Å². The summed E-state index contributed by atoms with van der Waals surface area (Å²) in [5.41, 5.74) is 0. The van der Waals surface area contributed by atoms with Crippen LogP contribution in [0.15, 0.2) is 25.3 Å². The number of hydrogen-bond acceptors (Lipinski definition) is 0. The van der Waals surface area contributed by atoms with Gasteiger partial charge in [0.2, 0.25) is 0 Å². The van der Waals surface area contributed by atoms with Gasteiger partial charge in [0.15, 0.2) is 0 Å². The Balaban J connectivity index is 2.68. The molecule has 0 aliphatic rings. The molecular formula is C6H12Ge. The van der Waals surface area contributed by atoms with Crippen LogP contribution >= 0.6 is 0 Å². The maximum atomic E-state index is 3.65. The van der Waals surface area contributed by atoms with Crippen LogP contribution in [0, 0.1) is 0 Å². The molecule has 0 saturated carbocycles. The fraction of sp³-hybridized carbons (Fsp3) is 0.333. The van der Waals surface area contributed by atoms with Crippen molar-refractivity contribution in [1.29, 1.82) is 0 Å². The Hall–Kier alpha value is 0.0229. The zero-order chi connectivity index (χ0) is 5.54. The molecule has 0 unspecified atom stereocenters. The number of allylic oxidation sites excluding steroid dienone is 2. The van der Waals surface area contributed by atoms with E-state index in [4.69, 9.17) is 0 Å². The van der Waals surface area contributed by atoms with E-state index in [0.29, 0.717) is 0 Å². The van der Waals surface area contributed by atoms with Gasteiger partial charge in [0.05, 0.1) is 0 Å². The summed E-state index contributed by atoms with van der Waals surface area (Å²) in [6.07, 6.45) is 4.03. The molecule has 0 rings (SSSR count). The normalized spacial score (nSPS) is 8.00. The maximum absolute atomic E-state index is 3.65. The zero-order valence-electron chi connectivity index (χ0n) is 4.69. The second-order valence-corrected chi connectivity index (χ2v) is 5.41. The van der Waals surface area contributed by atoms with Crippen molar-refractivity contribution in [2.75, 3.05) is 0 Å². The molecule has 0 nitrogen and oxygen atoms in total. The first kappa shape index (κ1) is 7.02. The Bertz CT molecular complexity index is 49.2. The van der Waals surface area contributed by atoms with Gasteiger partial charge in [0.1, 0.15) is 0 Å². The monoisotopic (exact) mass is 158 g/mol. The van der Waals surface area contributed by atoms with Crippen LogP contribution in [0.3, 0.4) is 0 Å². The van der Waals surface area contributed by atoms with Crippen molar-refractivity contribution in [3.05, 3.63) is 25.3 Å². The molecule has 0 aromatic heterocycles. The first-order chi connectivity index (χ1) is 3.41. The quantitative estimate of drug-likeness (QED) is 0.328. The van der Waals surface area contributed by atoms with Crippen molar-refractivity contribution >= 4 is 15.4 Å². The van der Waals surface area contributed by atoms with Crippen molar-refractivity contribution < 1.29 is 0 Å². The van der Waals surface area contributed by atoms with E-state index in [-0.39, 0.29) is 15.4 Å². The molecule has 40 valence electrons. The van der Waals surface area contributed by atoms with Crippen LogP contribution in [0.4, 0.5) is 0 Å². The summed E-state index contributed by atoms with van der Waals surface area (Å²) in [6.45, 7) is 7.29. The second-order valence-electron chi connectivity index (χ2n) is 1.51. The summed E-state index contributed by atoms with van der Waals surface area (Å²) in [7, 11) is 0. The number of rotatable bonds is 4. The minimum absolute atomic E-state index is 0.184. The second kappa shape index (κ2) is 6.02. The van der Waals surface area contributed by atoms with E-state index >= 15 is 0 Å². The molecule has 0 N–H and O–H groups in total. The van der Waals surface area contributed by atoms with Gasteiger partial charge in [-0.3, -0.25) is 0 Å². The van der Waals surface area contributed by atoms with Gasteiger partial charge in [0, 0.05) is 0 Å². The third kappa shape index (κ3) is 6.02. The Morgan fingerprint density at radius 2 is 1.57 bits per heavy atom. The molecule has 0 amide bonds. The van der Waals surface area contributed by atoms with Gasteiger partial charge < -0.3 is 0 Å². The predicted octanol–water partition coefficient (Wildman–Crippen LogP) is 1.36. The molecule has 0 heterocycles. The van der Waals surface area contributed by atoms with Gasteiger partial charge in [-0.05, 0) is 0 Å². The molecule has 0 radical (unpaired) electrons. The molecule has 1 heteroatoms. The van der Waals surface area contributed by atoms with Crippen LogP contribution in [0.1, 0.15) is 0 Å². The SMILES string of the molecule is C=C[CH2][GeH2][CH2]C=C. The average molecular weight is 157 g/mol. The molecule has 7 heavy (non-hydrogen) atoms. The summed E-state index contributed by atoms with van der Waals surface area (Å²) >= 11 is -0.184. The van der Waals surface area contributed by atoms with Gasteiger partial charge in [-0.2, -0.15) is 0 Å². The van der Waals surface area contributed by atoms with Crippen molar-refractivity contribution in [1.82, 2.24) is 0 Å². The van der Waals surface area contributed by atoms with Gasteiger partial charge in [-0.15, -0.1) is 0 Å². The first-order valence-corrected chi connectivity index (χ1v) is 6.83. The molecule has 0 aliphatic carbocycles. The van der Waals surface area contributed by atoms with Crippen LogP contribution in [-0.2, 0) is 0 Å². The molecule has 0 bridgehead atoms. The van der Waals surface area contributed by atoms with Crippen molar-refractivity contribution in [3.63, 3.8) is 0 Å². The summed E-state index contributed by atoms with van der Waals surface area (Å²) in [5, 5.41) is 2.61. The molecule has 0 aromatic carbocycles. The molecule has 0 aliphatic heterocycles. The Morgan fingerprint density at radius 1 is 1.14 bits per heavy atom. The average Bonchev–Trinajstić information content (AvgIpc) is 1.69. The van der Waals surface area contributed by atoms with E-state index in [1.54, 1.807) is 0 Å². The molecular weight excluding hydrogens is 145 g/mol. The van der Waals surface area contributed by atoms with E-state index in [9.17, 15) is 0 Å². The fourth-order valence-electron chi connectivity index (χ4n) is 0.407. The van der Waals surface area contributed by atoms with Crippen LogP contribution in [0.5, 0.6) is 0 Å². The minimum atomic E-state index is -0.184. The first-order valence-electron chi connectivity index (χ1n) is 2.63. The fourth-order valence-corrected chi connectivity index (χ4v) is 2.11. The van der Waals surface area contributed by atoms with Gasteiger partial charge in [-0.25, -0.2) is 0 Å². The van der Waals surface area contributed by atoms with E-state index in [1.165, 1.54) is 10.5 Å². The molecule has 0 spiro atoms. The van der Waals surface area contributed by atoms with Gasteiger partial charge in [0.25, 0.3) is 0 Å². The van der Waals surface area contributed by atoms with Crippen molar-refractivity contribution in [3.8, 4) is 0 Å². The van der Waals surface area contributed by atoms with Crippen molar-refractivity contribution in [2.24, 2.45) is 0 Å². The van der Waals surface area contributed by atoms with Crippen LogP contribution in [-0.4, -0.2) is 15.4 Å². The van der Waals surface area contributed by atoms with Gasteiger partial charge in [-0.1, -0.05) is 0 Å². The molecule has 0 aromatic rings. The van der Waals surface area contributed by atoms with E-state index in [0.717, 1.165) is 0 Å².